The van der Waals surface area contributed by atoms with Crippen LogP contribution in [0, 0.1) is 5.92 Å². The Kier molecular flexibility index (Phi) is 6.31. The van der Waals surface area contributed by atoms with Gasteiger partial charge < -0.3 is 21.3 Å². The van der Waals surface area contributed by atoms with E-state index in [2.05, 4.69) is 20.7 Å². The van der Waals surface area contributed by atoms with Crippen LogP contribution >= 0.6 is 11.6 Å². The number of halogens is 1. The summed E-state index contributed by atoms with van der Waals surface area (Å²) < 4.78 is 1.40. The Hall–Kier alpha value is -3.99. The quantitative estimate of drug-likeness (QED) is 0.376. The van der Waals surface area contributed by atoms with Gasteiger partial charge in [0.15, 0.2) is 5.69 Å². The molecule has 4 amide bonds. The number of aromatic nitrogens is 3. The van der Waals surface area contributed by atoms with Gasteiger partial charge in [0, 0.05) is 23.0 Å². The second-order valence-corrected chi connectivity index (χ2v) is 9.40. The number of benzene rings is 1. The minimum Gasteiger partial charge on any atom is -0.364 e. The number of hydrogen-bond donors (Lipinski definition) is 3. The van der Waals surface area contributed by atoms with Crippen LogP contribution in [0.25, 0.3) is 10.9 Å². The lowest BCUT2D eigenvalue weighted by molar-refractivity contribution is -0.135. The first kappa shape index (κ1) is 23.7. The Labute approximate surface area is 211 Å². The fraction of sp³-hybridized carbons (Fsp3) is 0.333. The number of pyridine rings is 1. The van der Waals surface area contributed by atoms with E-state index in [0.717, 1.165) is 25.7 Å². The molecule has 2 aliphatic carbocycles. The van der Waals surface area contributed by atoms with Crippen molar-refractivity contribution in [3.63, 3.8) is 0 Å². The zero-order valence-corrected chi connectivity index (χ0v) is 20.0. The first-order valence-corrected chi connectivity index (χ1v) is 12.0. The van der Waals surface area contributed by atoms with Crippen molar-refractivity contribution in [2.45, 2.75) is 38.3 Å². The summed E-state index contributed by atoms with van der Waals surface area (Å²) >= 11 is 5.87. The molecule has 0 spiro atoms. The number of primary amides is 1. The van der Waals surface area contributed by atoms with E-state index in [1.165, 1.54) is 9.58 Å². The van der Waals surface area contributed by atoms with Gasteiger partial charge >= 0.3 is 0 Å². The fourth-order valence-electron chi connectivity index (χ4n) is 3.99. The van der Waals surface area contributed by atoms with Gasteiger partial charge in [-0.15, -0.1) is 0 Å². The summed E-state index contributed by atoms with van der Waals surface area (Å²) in [7, 11) is 0. The first-order chi connectivity index (χ1) is 17.3. The van der Waals surface area contributed by atoms with Gasteiger partial charge in [0.05, 0.1) is 5.52 Å². The largest absolute Gasteiger partial charge is 0.364 e. The molecule has 4 N–H and O–H groups in total. The van der Waals surface area contributed by atoms with E-state index < -0.39 is 11.8 Å². The van der Waals surface area contributed by atoms with Crippen molar-refractivity contribution in [3.8, 4) is 0 Å². The molecule has 2 saturated carbocycles. The van der Waals surface area contributed by atoms with Gasteiger partial charge in [0.25, 0.3) is 5.91 Å². The van der Waals surface area contributed by atoms with Crippen molar-refractivity contribution in [2.24, 2.45) is 11.7 Å². The summed E-state index contributed by atoms with van der Waals surface area (Å²) in [6.07, 6.45) is 3.33. The highest BCUT2D eigenvalue weighted by molar-refractivity contribution is 6.29. The number of rotatable bonds is 9. The molecule has 0 atom stereocenters. The van der Waals surface area contributed by atoms with E-state index in [4.69, 9.17) is 17.3 Å². The molecule has 5 rings (SSSR count). The summed E-state index contributed by atoms with van der Waals surface area (Å²) in [5, 5.41) is 10.4. The number of nitrogens with zero attached hydrogens (tertiary/aromatic N) is 4. The van der Waals surface area contributed by atoms with Crippen molar-refractivity contribution < 1.29 is 19.2 Å². The lowest BCUT2D eigenvalue weighted by Crippen LogP contribution is -2.41. The van der Waals surface area contributed by atoms with Crippen LogP contribution in [0.3, 0.4) is 0 Å². The molecule has 12 heteroatoms. The third kappa shape index (κ3) is 5.30. The fourth-order valence-corrected chi connectivity index (χ4v) is 4.15. The van der Waals surface area contributed by atoms with Crippen molar-refractivity contribution in [1.82, 2.24) is 19.7 Å². The highest BCUT2D eigenvalue weighted by atomic mass is 35.5. The molecule has 2 heterocycles. The van der Waals surface area contributed by atoms with Crippen LogP contribution in [0.4, 0.5) is 11.5 Å². The molecule has 1 aromatic carbocycles. The number of carbonyl (C=O) groups is 4. The molecule has 11 nitrogen and oxygen atoms in total. The molecule has 0 aliphatic heterocycles. The van der Waals surface area contributed by atoms with Gasteiger partial charge in [0.2, 0.25) is 17.7 Å². The van der Waals surface area contributed by atoms with Crippen LogP contribution in [-0.2, 0) is 20.9 Å². The summed E-state index contributed by atoms with van der Waals surface area (Å²) in [6, 6.07) is 9.83. The smallest absolute Gasteiger partial charge is 0.269 e. The molecular formula is C24H24ClN7O4. The number of carbonyl (C=O) groups excluding carboxylic acids is 4. The Morgan fingerprint density at radius 2 is 1.86 bits per heavy atom. The molecule has 2 aromatic heterocycles. The van der Waals surface area contributed by atoms with Crippen molar-refractivity contribution >= 4 is 57.6 Å². The summed E-state index contributed by atoms with van der Waals surface area (Å²) in [5.74, 6) is -1.21. The third-order valence-corrected chi connectivity index (χ3v) is 6.30. The Bertz CT molecular complexity index is 1380. The second-order valence-electron chi connectivity index (χ2n) is 9.01. The summed E-state index contributed by atoms with van der Waals surface area (Å²) in [5.41, 5.74) is 6.58. The van der Waals surface area contributed by atoms with Crippen molar-refractivity contribution in [2.75, 3.05) is 17.2 Å². The van der Waals surface area contributed by atoms with Gasteiger partial charge in [-0.3, -0.25) is 23.9 Å². The zero-order chi connectivity index (χ0) is 25.4. The maximum atomic E-state index is 13.2. The van der Waals surface area contributed by atoms with E-state index in [1.807, 2.05) is 0 Å². The van der Waals surface area contributed by atoms with E-state index in [9.17, 15) is 19.2 Å². The second kappa shape index (κ2) is 9.57. The predicted molar refractivity (Wildman–Crippen MR) is 132 cm³/mol. The SMILES string of the molecule is NC(=O)c1nn(CC(=O)N(CC(=O)Nc2cccc(Cl)n2)C2CC2)c2ccc(NC(=O)C3CC3)cc12. The van der Waals surface area contributed by atoms with Crippen LogP contribution in [0.2, 0.25) is 5.15 Å². The number of nitrogens with one attached hydrogen (secondary N) is 2. The van der Waals surface area contributed by atoms with Gasteiger partial charge in [-0.2, -0.15) is 5.10 Å². The highest BCUT2D eigenvalue weighted by Gasteiger charge is 2.34. The average Bonchev–Trinajstić information content (AvgIpc) is 3.74. The van der Waals surface area contributed by atoms with Crippen molar-refractivity contribution in [1.29, 1.82) is 0 Å². The number of fused-ring (bicyclic) bond motifs is 1. The van der Waals surface area contributed by atoms with Gasteiger partial charge in [-0.05, 0) is 56.0 Å². The third-order valence-electron chi connectivity index (χ3n) is 6.09. The maximum absolute atomic E-state index is 13.2. The van der Waals surface area contributed by atoms with Crippen LogP contribution < -0.4 is 16.4 Å². The zero-order valence-electron chi connectivity index (χ0n) is 19.2. The lowest BCUT2D eigenvalue weighted by atomic mass is 10.1. The molecule has 2 aliphatic rings. The number of hydrogen-bond acceptors (Lipinski definition) is 6. The molecule has 3 aromatic rings. The molecule has 186 valence electrons. The molecule has 2 fully saturated rings. The first-order valence-electron chi connectivity index (χ1n) is 11.6. The van der Waals surface area contributed by atoms with Crippen LogP contribution in [-0.4, -0.2) is 55.9 Å². The minimum absolute atomic E-state index is 0.00284. The van der Waals surface area contributed by atoms with E-state index >= 15 is 0 Å². The molecule has 36 heavy (non-hydrogen) atoms. The minimum atomic E-state index is -0.746. The number of nitrogens with two attached hydrogens (primary N) is 1. The van der Waals surface area contributed by atoms with Gasteiger partial charge in [-0.1, -0.05) is 17.7 Å². The van der Waals surface area contributed by atoms with E-state index in [0.29, 0.717) is 22.4 Å². The number of anilines is 2. The van der Waals surface area contributed by atoms with E-state index in [1.54, 1.807) is 36.4 Å². The summed E-state index contributed by atoms with van der Waals surface area (Å²) in [6.45, 7) is -0.340. The van der Waals surface area contributed by atoms with Crippen LogP contribution in [0.1, 0.15) is 36.2 Å². The topological polar surface area (TPSA) is 152 Å². The van der Waals surface area contributed by atoms with Gasteiger partial charge in [0.1, 0.15) is 24.1 Å². The predicted octanol–water partition coefficient (Wildman–Crippen LogP) is 2.16. The van der Waals surface area contributed by atoms with Crippen molar-refractivity contribution in [3.05, 3.63) is 47.2 Å². The number of amides is 4. The molecule has 0 unspecified atom stereocenters. The molecule has 0 radical (unpaired) electrons. The van der Waals surface area contributed by atoms with Crippen LogP contribution in [0.5, 0.6) is 0 Å². The Morgan fingerprint density at radius 1 is 1.08 bits per heavy atom. The van der Waals surface area contributed by atoms with E-state index in [-0.39, 0.29) is 47.7 Å². The Morgan fingerprint density at radius 3 is 2.53 bits per heavy atom. The molecule has 0 bridgehead atoms. The lowest BCUT2D eigenvalue weighted by Gasteiger charge is -2.22. The average molecular weight is 510 g/mol. The normalized spacial score (nSPS) is 14.9. The standard InChI is InChI=1S/C24H24ClN7O4/c25-18-2-1-3-19(28-18)29-20(33)11-31(15-7-8-15)21(34)12-32-17-9-6-14(27-24(36)13-4-5-13)10-16(17)22(30-32)23(26)35/h1-3,6,9-10,13,15H,4-5,7-8,11-12H2,(H2,26,35)(H,27,36)(H,28,29,33). The molecular weight excluding hydrogens is 486 g/mol. The molecule has 0 saturated heterocycles. The Balaban J connectivity index is 1.33. The van der Waals surface area contributed by atoms with Gasteiger partial charge in [-0.25, -0.2) is 4.98 Å². The van der Waals surface area contributed by atoms with Crippen LogP contribution in [0.15, 0.2) is 36.4 Å². The maximum Gasteiger partial charge on any atom is 0.269 e. The summed E-state index contributed by atoms with van der Waals surface area (Å²) in [4.78, 5) is 55.5. The monoisotopic (exact) mass is 509 g/mol. The highest BCUT2D eigenvalue weighted by Crippen LogP contribution is 2.31.